The maximum absolute atomic E-state index is 10.3. The minimum Gasteiger partial charge on any atom is -1.00 e. The summed E-state index contributed by atoms with van der Waals surface area (Å²) in [5, 5.41) is 17.0. The van der Waals surface area contributed by atoms with E-state index in [4.69, 9.17) is 10.2 Å². The molecule has 0 spiro atoms. The van der Waals surface area contributed by atoms with E-state index >= 15 is 0 Å². The molecule has 0 aliphatic rings. The third kappa shape index (κ3) is 53.3. The average molecular weight is 619 g/mol. The van der Waals surface area contributed by atoms with Crippen molar-refractivity contribution in [2.75, 3.05) is 0 Å². The number of carbonyl (C=O) groups is 2. The number of rotatable bonds is 32. The SMILES string of the molecule is CCCCCCCCCCCCCCCCCC(=O)O.CCCCCCCCCCCCCCCCCC(=O)O.[H-].[H-].[H-].[Mg+2].[Na+]. The number of hydrogen-bond acceptors (Lipinski definition) is 2. The van der Waals surface area contributed by atoms with Crippen LogP contribution in [0.25, 0.3) is 0 Å². The van der Waals surface area contributed by atoms with Gasteiger partial charge in [-0.05, 0) is 12.8 Å². The van der Waals surface area contributed by atoms with Gasteiger partial charge in [0.1, 0.15) is 0 Å². The summed E-state index contributed by atoms with van der Waals surface area (Å²) < 4.78 is 0. The minimum atomic E-state index is -0.653. The van der Waals surface area contributed by atoms with Crippen molar-refractivity contribution in [3.63, 3.8) is 0 Å². The summed E-state index contributed by atoms with van der Waals surface area (Å²) in [6, 6.07) is 0. The van der Waals surface area contributed by atoms with Crippen LogP contribution < -0.4 is 29.6 Å². The first kappa shape index (κ1) is 49.6. The van der Waals surface area contributed by atoms with E-state index in [0.717, 1.165) is 25.7 Å². The molecule has 0 amide bonds. The Hall–Kier alpha value is 0.706. The van der Waals surface area contributed by atoms with Crippen molar-refractivity contribution in [2.45, 2.75) is 219 Å². The zero-order chi connectivity index (χ0) is 29.8. The first-order chi connectivity index (χ1) is 19.5. The Bertz CT molecular complexity index is 477. The van der Waals surface area contributed by atoms with E-state index in [1.54, 1.807) is 0 Å². The second kappa shape index (κ2) is 46.1. The maximum Gasteiger partial charge on any atom is 2.00 e. The van der Waals surface area contributed by atoms with Crippen LogP contribution in [0.2, 0.25) is 0 Å². The zero-order valence-electron chi connectivity index (χ0n) is 32.0. The molecule has 0 heterocycles. The molecule has 0 aliphatic carbocycles. The minimum absolute atomic E-state index is 0. The molecule has 6 heteroatoms. The quantitative estimate of drug-likeness (QED) is 0.0581. The van der Waals surface area contributed by atoms with Gasteiger partial charge in [0, 0.05) is 12.8 Å². The van der Waals surface area contributed by atoms with Gasteiger partial charge >= 0.3 is 64.5 Å². The molecule has 0 radical (unpaired) electrons. The molecular formula is C36H75MgNaO4. The van der Waals surface area contributed by atoms with Gasteiger partial charge in [0.05, 0.1) is 0 Å². The Labute approximate surface area is 306 Å². The van der Waals surface area contributed by atoms with Crippen LogP contribution in [0.5, 0.6) is 0 Å². The fourth-order valence-electron chi connectivity index (χ4n) is 5.30. The van der Waals surface area contributed by atoms with Crippen molar-refractivity contribution in [2.24, 2.45) is 0 Å². The summed E-state index contributed by atoms with van der Waals surface area (Å²) in [6.07, 6.45) is 40.4. The Balaban J connectivity index is -0.000000116. The summed E-state index contributed by atoms with van der Waals surface area (Å²) in [5.74, 6) is -1.31. The summed E-state index contributed by atoms with van der Waals surface area (Å²) in [5.41, 5.74) is 0. The summed E-state index contributed by atoms with van der Waals surface area (Å²) in [7, 11) is 0. The van der Waals surface area contributed by atoms with Crippen molar-refractivity contribution in [1.29, 1.82) is 0 Å². The fourth-order valence-corrected chi connectivity index (χ4v) is 5.30. The Kier molecular flexibility index (Phi) is 54.5. The first-order valence-electron chi connectivity index (χ1n) is 18.0. The standard InChI is InChI=1S/2C18H36O2.Mg.Na.3H/c2*1-2-3-4-5-6-7-8-9-10-11-12-13-14-15-16-17-18(19)20;;;;;/h2*2-17H2,1H3,(H,19,20);;;;;/q;;+2;+1;3*-1. The van der Waals surface area contributed by atoms with E-state index in [0.29, 0.717) is 12.8 Å². The van der Waals surface area contributed by atoms with Crippen molar-refractivity contribution in [3.8, 4) is 0 Å². The molecule has 0 fully saturated rings. The van der Waals surface area contributed by atoms with Crippen LogP contribution in [-0.2, 0) is 9.59 Å². The zero-order valence-corrected chi connectivity index (χ0v) is 32.5. The monoisotopic (exact) mass is 619 g/mol. The van der Waals surface area contributed by atoms with Crippen LogP contribution >= 0.6 is 0 Å². The van der Waals surface area contributed by atoms with E-state index in [9.17, 15) is 9.59 Å². The van der Waals surface area contributed by atoms with Crippen molar-refractivity contribution in [1.82, 2.24) is 0 Å². The number of aliphatic carboxylic acids is 2. The van der Waals surface area contributed by atoms with E-state index in [1.165, 1.54) is 167 Å². The van der Waals surface area contributed by atoms with E-state index in [-0.39, 0.29) is 56.9 Å². The molecule has 0 bridgehead atoms. The van der Waals surface area contributed by atoms with Gasteiger partial charge in [0.25, 0.3) is 0 Å². The van der Waals surface area contributed by atoms with E-state index in [2.05, 4.69) is 13.8 Å². The van der Waals surface area contributed by atoms with Crippen molar-refractivity contribution < 1.29 is 53.6 Å². The van der Waals surface area contributed by atoms with Gasteiger partial charge in [-0.2, -0.15) is 0 Å². The van der Waals surface area contributed by atoms with Crippen LogP contribution in [0.4, 0.5) is 0 Å². The van der Waals surface area contributed by atoms with E-state index in [1.807, 2.05) is 0 Å². The number of carboxylic acids is 2. The third-order valence-corrected chi connectivity index (χ3v) is 7.99. The van der Waals surface area contributed by atoms with Crippen LogP contribution in [0.3, 0.4) is 0 Å². The summed E-state index contributed by atoms with van der Waals surface area (Å²) in [4.78, 5) is 20.7. The van der Waals surface area contributed by atoms with Gasteiger partial charge in [-0.3, -0.25) is 9.59 Å². The molecule has 0 atom stereocenters. The number of carboxylic acid groups (broad SMARTS) is 2. The van der Waals surface area contributed by atoms with Gasteiger partial charge in [-0.25, -0.2) is 0 Å². The van der Waals surface area contributed by atoms with Crippen LogP contribution in [0.15, 0.2) is 0 Å². The molecule has 246 valence electrons. The maximum atomic E-state index is 10.3. The Morgan fingerprint density at radius 1 is 0.357 bits per heavy atom. The third-order valence-electron chi connectivity index (χ3n) is 7.99. The molecule has 2 N–H and O–H groups in total. The molecule has 0 aliphatic heterocycles. The Morgan fingerprint density at radius 3 is 0.643 bits per heavy atom. The Morgan fingerprint density at radius 2 is 0.500 bits per heavy atom. The van der Waals surface area contributed by atoms with Gasteiger partial charge < -0.3 is 14.5 Å². The molecule has 4 nitrogen and oxygen atoms in total. The summed E-state index contributed by atoms with van der Waals surface area (Å²) in [6.45, 7) is 4.54. The molecule has 0 aromatic rings. The first-order valence-corrected chi connectivity index (χ1v) is 18.0. The summed E-state index contributed by atoms with van der Waals surface area (Å²) >= 11 is 0. The molecule has 0 saturated heterocycles. The normalized spacial score (nSPS) is 10.3. The molecule has 0 aromatic carbocycles. The predicted octanol–water partition coefficient (Wildman–Crippen LogP) is 9.63. The van der Waals surface area contributed by atoms with Crippen LogP contribution in [0.1, 0.15) is 224 Å². The average Bonchev–Trinajstić information content (AvgIpc) is 2.93. The van der Waals surface area contributed by atoms with Gasteiger partial charge in [-0.15, -0.1) is 0 Å². The largest absolute Gasteiger partial charge is 2.00 e. The van der Waals surface area contributed by atoms with Gasteiger partial charge in [0.15, 0.2) is 0 Å². The van der Waals surface area contributed by atoms with Crippen molar-refractivity contribution >= 4 is 35.0 Å². The second-order valence-corrected chi connectivity index (χ2v) is 12.2. The fraction of sp³-hybridized carbons (Fsp3) is 0.944. The second-order valence-electron chi connectivity index (χ2n) is 12.2. The van der Waals surface area contributed by atoms with Crippen LogP contribution in [-0.4, -0.2) is 45.2 Å². The predicted molar refractivity (Wildman–Crippen MR) is 183 cm³/mol. The molecule has 0 aromatic heterocycles. The number of hydrogen-bond donors (Lipinski definition) is 2. The topological polar surface area (TPSA) is 74.6 Å². The van der Waals surface area contributed by atoms with Gasteiger partial charge in [-0.1, -0.05) is 194 Å². The van der Waals surface area contributed by atoms with Crippen LogP contribution in [0, 0.1) is 0 Å². The molecule has 42 heavy (non-hydrogen) atoms. The smallest absolute Gasteiger partial charge is 1.00 e. The van der Waals surface area contributed by atoms with E-state index < -0.39 is 11.9 Å². The molecule has 0 unspecified atom stereocenters. The molecular weight excluding hydrogens is 544 g/mol. The number of unbranched alkanes of at least 4 members (excludes halogenated alkanes) is 28. The molecule has 0 saturated carbocycles. The van der Waals surface area contributed by atoms with Gasteiger partial charge in [0.2, 0.25) is 0 Å². The van der Waals surface area contributed by atoms with Crippen molar-refractivity contribution in [3.05, 3.63) is 0 Å². The molecule has 0 rings (SSSR count).